The van der Waals surface area contributed by atoms with Gasteiger partial charge in [0.05, 0.1) is 6.61 Å². The molecule has 0 unspecified atom stereocenters. The summed E-state index contributed by atoms with van der Waals surface area (Å²) >= 11 is 0. The molecule has 0 amide bonds. The maximum Gasteiger partial charge on any atom is 0.161 e. The van der Waals surface area contributed by atoms with Crippen molar-refractivity contribution in [2.75, 3.05) is 6.61 Å². The van der Waals surface area contributed by atoms with E-state index in [1.165, 1.54) is 0 Å². The van der Waals surface area contributed by atoms with Crippen LogP contribution in [0.2, 0.25) is 0 Å². The van der Waals surface area contributed by atoms with Crippen molar-refractivity contribution in [2.45, 2.75) is 40.3 Å². The third-order valence-electron chi connectivity index (χ3n) is 3.80. The predicted molar refractivity (Wildman–Crippen MR) is 94.8 cm³/mol. The number of hydrogen-bond acceptors (Lipinski definition) is 3. The fraction of sp³-hybridized carbons (Fsp3) is 0.400. The van der Waals surface area contributed by atoms with Gasteiger partial charge in [-0.3, -0.25) is 0 Å². The number of rotatable bonds is 6. The fourth-order valence-corrected chi connectivity index (χ4v) is 2.34. The summed E-state index contributed by atoms with van der Waals surface area (Å²) in [5.41, 5.74) is 8.54. The molecule has 0 spiro atoms. The van der Waals surface area contributed by atoms with E-state index >= 15 is 0 Å². The number of hydrogen-bond donors (Lipinski definition) is 1. The van der Waals surface area contributed by atoms with Crippen molar-refractivity contribution < 1.29 is 9.47 Å². The Hall–Kier alpha value is -2.00. The van der Waals surface area contributed by atoms with Gasteiger partial charge in [-0.2, -0.15) is 0 Å². The van der Waals surface area contributed by atoms with Crippen LogP contribution in [0, 0.1) is 5.41 Å². The standard InChI is InChI=1S/C20H27NO2/c1-5-22-18-13-16(19(21)20(2,3)4)11-12-17(18)23-14-15-9-7-6-8-10-15/h6-13,19H,5,14,21H2,1-4H3/t19-/m0/s1. The zero-order chi connectivity index (χ0) is 16.9. The minimum atomic E-state index is -0.0510. The molecule has 2 rings (SSSR count). The van der Waals surface area contributed by atoms with Crippen LogP contribution >= 0.6 is 0 Å². The van der Waals surface area contributed by atoms with Crippen LogP contribution in [-0.4, -0.2) is 6.61 Å². The molecule has 0 bridgehead atoms. The molecule has 0 aliphatic heterocycles. The van der Waals surface area contributed by atoms with Gasteiger partial charge in [0.25, 0.3) is 0 Å². The van der Waals surface area contributed by atoms with Crippen LogP contribution < -0.4 is 15.2 Å². The molecule has 3 nitrogen and oxygen atoms in total. The first-order valence-corrected chi connectivity index (χ1v) is 8.11. The Morgan fingerprint density at radius 2 is 1.65 bits per heavy atom. The van der Waals surface area contributed by atoms with E-state index in [2.05, 4.69) is 20.8 Å². The first-order chi connectivity index (χ1) is 10.9. The summed E-state index contributed by atoms with van der Waals surface area (Å²) in [6, 6.07) is 16.0. The van der Waals surface area contributed by atoms with Crippen LogP contribution in [0.1, 0.15) is 44.9 Å². The minimum Gasteiger partial charge on any atom is -0.490 e. The summed E-state index contributed by atoms with van der Waals surface area (Å²) in [5, 5.41) is 0. The van der Waals surface area contributed by atoms with Gasteiger partial charge in [0.1, 0.15) is 6.61 Å². The van der Waals surface area contributed by atoms with E-state index in [0.29, 0.717) is 13.2 Å². The average Bonchev–Trinajstić information content (AvgIpc) is 2.53. The highest BCUT2D eigenvalue weighted by Crippen LogP contribution is 2.36. The molecule has 0 heterocycles. The summed E-state index contributed by atoms with van der Waals surface area (Å²) in [6.07, 6.45) is 0. The second-order valence-corrected chi connectivity index (χ2v) is 6.76. The van der Waals surface area contributed by atoms with Gasteiger partial charge >= 0.3 is 0 Å². The number of ether oxygens (including phenoxy) is 2. The van der Waals surface area contributed by atoms with E-state index in [4.69, 9.17) is 15.2 Å². The van der Waals surface area contributed by atoms with Gasteiger partial charge in [-0.1, -0.05) is 57.2 Å². The van der Waals surface area contributed by atoms with Crippen molar-refractivity contribution in [1.29, 1.82) is 0 Å². The Morgan fingerprint density at radius 1 is 0.957 bits per heavy atom. The van der Waals surface area contributed by atoms with Crippen molar-refractivity contribution in [1.82, 2.24) is 0 Å². The zero-order valence-electron chi connectivity index (χ0n) is 14.5. The van der Waals surface area contributed by atoms with Crippen LogP contribution in [0.15, 0.2) is 48.5 Å². The lowest BCUT2D eigenvalue weighted by Crippen LogP contribution is -2.26. The second kappa shape index (κ2) is 7.51. The van der Waals surface area contributed by atoms with Gasteiger partial charge in [0.2, 0.25) is 0 Å². The highest BCUT2D eigenvalue weighted by molar-refractivity contribution is 5.44. The second-order valence-electron chi connectivity index (χ2n) is 6.76. The molecule has 0 saturated carbocycles. The molecule has 0 aliphatic carbocycles. The summed E-state index contributed by atoms with van der Waals surface area (Å²) in [6.45, 7) is 9.49. The van der Waals surface area contributed by atoms with E-state index in [-0.39, 0.29) is 11.5 Å². The molecule has 2 aromatic rings. The first kappa shape index (κ1) is 17.4. The molecule has 2 N–H and O–H groups in total. The highest BCUT2D eigenvalue weighted by Gasteiger charge is 2.23. The van der Waals surface area contributed by atoms with Crippen molar-refractivity contribution in [3.8, 4) is 11.5 Å². The van der Waals surface area contributed by atoms with Gasteiger partial charge in [0, 0.05) is 6.04 Å². The van der Waals surface area contributed by atoms with Gasteiger partial charge in [-0.25, -0.2) is 0 Å². The van der Waals surface area contributed by atoms with Crippen LogP contribution in [0.4, 0.5) is 0 Å². The zero-order valence-corrected chi connectivity index (χ0v) is 14.5. The third-order valence-corrected chi connectivity index (χ3v) is 3.80. The molecule has 1 atom stereocenters. The van der Waals surface area contributed by atoms with Crippen molar-refractivity contribution in [2.24, 2.45) is 11.1 Å². The van der Waals surface area contributed by atoms with Crippen LogP contribution in [0.25, 0.3) is 0 Å². The van der Waals surface area contributed by atoms with Gasteiger partial charge < -0.3 is 15.2 Å². The molecule has 0 aromatic heterocycles. The molecule has 124 valence electrons. The van der Waals surface area contributed by atoms with Crippen LogP contribution in [0.3, 0.4) is 0 Å². The van der Waals surface area contributed by atoms with Gasteiger partial charge in [-0.15, -0.1) is 0 Å². The summed E-state index contributed by atoms with van der Waals surface area (Å²) in [5.74, 6) is 1.50. The molecular formula is C20H27NO2. The lowest BCUT2D eigenvalue weighted by molar-refractivity contribution is 0.267. The van der Waals surface area contributed by atoms with Crippen LogP contribution in [-0.2, 0) is 6.61 Å². The van der Waals surface area contributed by atoms with Crippen molar-refractivity contribution in [3.63, 3.8) is 0 Å². The van der Waals surface area contributed by atoms with Gasteiger partial charge in [0.15, 0.2) is 11.5 Å². The maximum absolute atomic E-state index is 6.36. The Morgan fingerprint density at radius 3 is 2.26 bits per heavy atom. The molecule has 0 saturated heterocycles. The first-order valence-electron chi connectivity index (χ1n) is 8.11. The maximum atomic E-state index is 6.36. The lowest BCUT2D eigenvalue weighted by atomic mass is 9.83. The van der Waals surface area contributed by atoms with E-state index in [9.17, 15) is 0 Å². The van der Waals surface area contributed by atoms with Crippen molar-refractivity contribution >= 4 is 0 Å². The Bertz CT molecular complexity index is 617. The molecule has 0 fully saturated rings. The smallest absolute Gasteiger partial charge is 0.161 e. The van der Waals surface area contributed by atoms with E-state index in [1.807, 2.05) is 55.5 Å². The Balaban J connectivity index is 2.19. The molecule has 2 aromatic carbocycles. The summed E-state index contributed by atoms with van der Waals surface area (Å²) in [4.78, 5) is 0. The molecule has 0 aliphatic rings. The van der Waals surface area contributed by atoms with Gasteiger partial charge in [-0.05, 0) is 35.6 Å². The van der Waals surface area contributed by atoms with E-state index < -0.39 is 0 Å². The molecule has 3 heteroatoms. The average molecular weight is 313 g/mol. The van der Waals surface area contributed by atoms with E-state index in [1.54, 1.807) is 0 Å². The molecule has 0 radical (unpaired) electrons. The minimum absolute atomic E-state index is 0.00407. The van der Waals surface area contributed by atoms with Crippen LogP contribution in [0.5, 0.6) is 11.5 Å². The third kappa shape index (κ3) is 4.73. The Labute approximate surface area is 139 Å². The summed E-state index contributed by atoms with van der Waals surface area (Å²) in [7, 11) is 0. The Kier molecular flexibility index (Phi) is 5.67. The lowest BCUT2D eigenvalue weighted by Gasteiger charge is -2.28. The monoisotopic (exact) mass is 313 g/mol. The SMILES string of the molecule is CCOc1cc([C@H](N)C(C)(C)C)ccc1OCc1ccccc1. The highest BCUT2D eigenvalue weighted by atomic mass is 16.5. The number of nitrogens with two attached hydrogens (primary N) is 1. The molecule has 23 heavy (non-hydrogen) atoms. The number of benzene rings is 2. The molecular weight excluding hydrogens is 286 g/mol. The normalized spacial score (nSPS) is 12.7. The van der Waals surface area contributed by atoms with Crippen molar-refractivity contribution in [3.05, 3.63) is 59.7 Å². The summed E-state index contributed by atoms with van der Waals surface area (Å²) < 4.78 is 11.7. The largest absolute Gasteiger partial charge is 0.490 e. The quantitative estimate of drug-likeness (QED) is 0.840. The fourth-order valence-electron chi connectivity index (χ4n) is 2.34. The predicted octanol–water partition coefficient (Wildman–Crippen LogP) is 4.71. The van der Waals surface area contributed by atoms with E-state index in [0.717, 1.165) is 22.6 Å². The topological polar surface area (TPSA) is 44.5 Å².